The number of methoxy groups -OCH3 is 2. The van der Waals surface area contributed by atoms with E-state index in [2.05, 4.69) is 9.97 Å². The number of hydrogen-bond acceptors (Lipinski definition) is 6. The van der Waals surface area contributed by atoms with Gasteiger partial charge in [-0.2, -0.15) is 0 Å². The molecule has 2 aromatic carbocycles. The summed E-state index contributed by atoms with van der Waals surface area (Å²) in [5, 5.41) is 0.981. The number of rotatable bonds is 3. The van der Waals surface area contributed by atoms with Gasteiger partial charge < -0.3 is 19.4 Å². The van der Waals surface area contributed by atoms with Crippen molar-refractivity contribution in [3.05, 3.63) is 48.5 Å². The molecule has 0 aliphatic carbocycles. The van der Waals surface area contributed by atoms with Crippen LogP contribution >= 0.6 is 23.5 Å². The molecular weight excluding hydrogens is 396 g/mol. The minimum absolute atomic E-state index is 0.413. The fourth-order valence-corrected chi connectivity index (χ4v) is 4.63. The zero-order valence-electron chi connectivity index (χ0n) is 15.1. The highest BCUT2D eigenvalue weighted by Crippen LogP contribution is 2.44. The SMILES string of the molecule is COC(=O)Sc1c(-c2[nH]c3ccccc3c2SC(=O)OC)[nH]c2ccccc12. The minimum atomic E-state index is -0.413. The minimum Gasteiger partial charge on any atom is -0.461 e. The predicted molar refractivity (Wildman–Crippen MR) is 112 cm³/mol. The molecule has 142 valence electrons. The Morgan fingerprint density at radius 3 is 1.50 bits per heavy atom. The van der Waals surface area contributed by atoms with Gasteiger partial charge in [0.15, 0.2) is 0 Å². The van der Waals surface area contributed by atoms with Crippen molar-refractivity contribution in [2.24, 2.45) is 0 Å². The Morgan fingerprint density at radius 1 is 0.714 bits per heavy atom. The number of carbonyl (C=O) groups excluding carboxylic acids is 2. The van der Waals surface area contributed by atoms with E-state index in [-0.39, 0.29) is 0 Å². The van der Waals surface area contributed by atoms with Gasteiger partial charge in [0.2, 0.25) is 0 Å². The first-order valence-electron chi connectivity index (χ1n) is 8.35. The van der Waals surface area contributed by atoms with Crippen LogP contribution in [0.5, 0.6) is 0 Å². The average Bonchev–Trinajstić information content (AvgIpc) is 3.26. The van der Waals surface area contributed by atoms with Crippen LogP contribution in [0.1, 0.15) is 0 Å². The van der Waals surface area contributed by atoms with Crippen molar-refractivity contribution in [1.82, 2.24) is 9.97 Å². The molecule has 0 aliphatic rings. The molecule has 4 aromatic rings. The van der Waals surface area contributed by atoms with Crippen molar-refractivity contribution in [3.8, 4) is 11.4 Å². The van der Waals surface area contributed by atoms with Crippen LogP contribution in [0.2, 0.25) is 0 Å². The summed E-state index contributed by atoms with van der Waals surface area (Å²) in [5.41, 5.74) is 3.21. The van der Waals surface area contributed by atoms with Crippen molar-refractivity contribution in [2.45, 2.75) is 9.79 Å². The van der Waals surface area contributed by atoms with Crippen molar-refractivity contribution in [3.63, 3.8) is 0 Å². The monoisotopic (exact) mass is 412 g/mol. The van der Waals surface area contributed by atoms with E-state index in [9.17, 15) is 9.59 Å². The number of nitrogens with one attached hydrogen (secondary N) is 2. The van der Waals surface area contributed by atoms with Crippen LogP contribution in [0.15, 0.2) is 58.3 Å². The zero-order chi connectivity index (χ0) is 19.7. The van der Waals surface area contributed by atoms with Crippen molar-refractivity contribution >= 4 is 55.9 Å². The number of H-pyrrole nitrogens is 2. The molecule has 0 bridgehead atoms. The molecule has 6 nitrogen and oxygen atoms in total. The Hall–Kier alpha value is -2.84. The number of para-hydroxylation sites is 2. The Labute approximate surface area is 169 Å². The molecule has 8 heteroatoms. The molecule has 0 saturated carbocycles. The Bertz CT molecular complexity index is 1100. The van der Waals surface area contributed by atoms with E-state index in [1.807, 2.05) is 48.5 Å². The Morgan fingerprint density at radius 2 is 1.11 bits per heavy atom. The van der Waals surface area contributed by atoms with Crippen LogP contribution < -0.4 is 0 Å². The third-order valence-corrected chi connectivity index (χ3v) is 6.19. The summed E-state index contributed by atoms with van der Waals surface area (Å²) < 4.78 is 9.71. The van der Waals surface area contributed by atoms with Crippen LogP contribution in [-0.4, -0.2) is 34.8 Å². The van der Waals surface area contributed by atoms with Crippen molar-refractivity contribution < 1.29 is 19.1 Å². The summed E-state index contributed by atoms with van der Waals surface area (Å²) in [5.74, 6) is 0. The van der Waals surface area contributed by atoms with Crippen LogP contribution in [0.25, 0.3) is 33.2 Å². The molecule has 2 heterocycles. The van der Waals surface area contributed by atoms with E-state index >= 15 is 0 Å². The third kappa shape index (κ3) is 3.25. The smallest absolute Gasteiger partial charge is 0.371 e. The number of carbonyl (C=O) groups is 2. The number of aromatic amines is 2. The molecule has 2 aromatic heterocycles. The standard InChI is InChI=1S/C20H16N2O4S2/c1-25-19(23)27-17-11-7-3-5-9-13(11)21-15(17)16-18(28-20(24)26-2)12-8-4-6-10-14(12)22-16/h3-10,21-22H,1-2H3. The lowest BCUT2D eigenvalue weighted by Crippen LogP contribution is -1.93. The molecular formula is C20H16N2O4S2. The first kappa shape index (κ1) is 18.5. The third-order valence-electron chi connectivity index (χ3n) is 4.27. The van der Waals surface area contributed by atoms with Gasteiger partial charge in [-0.3, -0.25) is 0 Å². The Balaban J connectivity index is 1.98. The summed E-state index contributed by atoms with van der Waals surface area (Å²) in [6.45, 7) is 0. The van der Waals surface area contributed by atoms with Gasteiger partial charge in [-0.15, -0.1) is 0 Å². The van der Waals surface area contributed by atoms with Gasteiger partial charge in [0.05, 0.1) is 35.4 Å². The molecule has 0 atom stereocenters. The van der Waals surface area contributed by atoms with Crippen LogP contribution in [0.3, 0.4) is 0 Å². The fourth-order valence-electron chi connectivity index (χ4n) is 3.05. The maximum Gasteiger partial charge on any atom is 0.371 e. The van der Waals surface area contributed by atoms with Gasteiger partial charge in [-0.05, 0) is 35.7 Å². The maximum atomic E-state index is 12.0. The average molecular weight is 412 g/mol. The lowest BCUT2D eigenvalue weighted by molar-refractivity contribution is 0.199. The predicted octanol–water partition coefficient (Wildman–Crippen LogP) is 6.03. The molecule has 0 fully saturated rings. The van der Waals surface area contributed by atoms with Crippen LogP contribution in [0, 0.1) is 0 Å². The fraction of sp³-hybridized carbons (Fsp3) is 0.100. The van der Waals surface area contributed by atoms with Gasteiger partial charge in [-0.1, -0.05) is 36.4 Å². The van der Waals surface area contributed by atoms with Gasteiger partial charge in [0.1, 0.15) is 0 Å². The highest BCUT2D eigenvalue weighted by Gasteiger charge is 2.24. The number of aromatic nitrogens is 2. The largest absolute Gasteiger partial charge is 0.461 e. The molecule has 2 N–H and O–H groups in total. The second kappa shape index (κ2) is 7.65. The molecule has 0 amide bonds. The lowest BCUT2D eigenvalue weighted by Gasteiger charge is -2.05. The normalized spacial score (nSPS) is 11.1. The van der Waals surface area contributed by atoms with Crippen molar-refractivity contribution in [2.75, 3.05) is 14.2 Å². The summed E-state index contributed by atoms with van der Waals surface area (Å²) in [7, 11) is 2.71. The molecule has 0 spiro atoms. The van der Waals surface area contributed by atoms with E-state index < -0.39 is 10.6 Å². The maximum absolute atomic E-state index is 12.0. The lowest BCUT2D eigenvalue weighted by atomic mass is 10.2. The molecule has 4 rings (SSSR count). The van der Waals surface area contributed by atoms with E-state index in [4.69, 9.17) is 9.47 Å². The van der Waals surface area contributed by atoms with Gasteiger partial charge in [-0.25, -0.2) is 9.59 Å². The summed E-state index contributed by atoms with van der Waals surface area (Å²) in [6, 6.07) is 15.4. The molecule has 0 radical (unpaired) electrons. The summed E-state index contributed by atoms with van der Waals surface area (Å²) in [6.07, 6.45) is 0. The quantitative estimate of drug-likeness (QED) is 0.316. The van der Waals surface area contributed by atoms with Gasteiger partial charge >= 0.3 is 10.6 Å². The second-order valence-corrected chi connectivity index (χ2v) is 7.75. The summed E-state index contributed by atoms with van der Waals surface area (Å²) >= 11 is 2.01. The summed E-state index contributed by atoms with van der Waals surface area (Å²) in [4.78, 5) is 32.3. The first-order chi connectivity index (χ1) is 13.6. The molecule has 0 aliphatic heterocycles. The zero-order valence-corrected chi connectivity index (χ0v) is 16.7. The molecule has 28 heavy (non-hydrogen) atoms. The molecule has 0 saturated heterocycles. The van der Waals surface area contributed by atoms with Crippen LogP contribution in [0.4, 0.5) is 9.59 Å². The molecule has 0 unspecified atom stereocenters. The van der Waals surface area contributed by atoms with Gasteiger partial charge in [0.25, 0.3) is 0 Å². The van der Waals surface area contributed by atoms with Crippen molar-refractivity contribution in [1.29, 1.82) is 0 Å². The van der Waals surface area contributed by atoms with E-state index in [1.165, 1.54) is 14.2 Å². The number of hydrogen-bond donors (Lipinski definition) is 2. The number of thioether (sulfide) groups is 2. The number of ether oxygens (including phenoxy) is 2. The van der Waals surface area contributed by atoms with E-state index in [0.717, 1.165) is 66.5 Å². The van der Waals surface area contributed by atoms with Gasteiger partial charge in [0, 0.05) is 21.8 Å². The highest BCUT2D eigenvalue weighted by atomic mass is 32.2. The second-order valence-electron chi connectivity index (χ2n) is 5.86. The topological polar surface area (TPSA) is 84.2 Å². The Kier molecular flexibility index (Phi) is 5.06. The van der Waals surface area contributed by atoms with E-state index in [1.54, 1.807) is 0 Å². The first-order valence-corrected chi connectivity index (χ1v) is 9.99. The highest BCUT2D eigenvalue weighted by molar-refractivity contribution is 8.14. The van der Waals surface area contributed by atoms with Crippen LogP contribution in [-0.2, 0) is 9.47 Å². The number of benzene rings is 2. The van der Waals surface area contributed by atoms with E-state index in [0.29, 0.717) is 0 Å². The number of fused-ring (bicyclic) bond motifs is 2.